The van der Waals surface area contributed by atoms with E-state index in [0.29, 0.717) is 11.3 Å². The van der Waals surface area contributed by atoms with E-state index < -0.39 is 4.92 Å². The minimum atomic E-state index is -0.561. The van der Waals surface area contributed by atoms with Crippen molar-refractivity contribution in [2.24, 2.45) is 5.10 Å². The van der Waals surface area contributed by atoms with Crippen LogP contribution >= 0.6 is 0 Å². The Morgan fingerprint density at radius 1 is 1.10 bits per heavy atom. The molecule has 0 spiro atoms. The lowest BCUT2D eigenvalue weighted by molar-refractivity contribution is -0.385. The first kappa shape index (κ1) is 19.8. The molecule has 8 nitrogen and oxygen atoms in total. The fourth-order valence-corrected chi connectivity index (χ4v) is 2.98. The molecule has 0 aliphatic heterocycles. The predicted molar refractivity (Wildman–Crippen MR) is 110 cm³/mol. The number of nitrogens with zero attached hydrogens (tertiary/aromatic N) is 2. The fourth-order valence-electron chi connectivity index (χ4n) is 2.98. The van der Waals surface area contributed by atoms with Crippen LogP contribution in [0.1, 0.15) is 11.1 Å². The number of nitro groups is 1. The van der Waals surface area contributed by atoms with Gasteiger partial charge < -0.3 is 9.47 Å². The summed E-state index contributed by atoms with van der Waals surface area (Å²) in [6.07, 6.45) is 1.45. The SMILES string of the molecule is COc1cc(OC)c([N+](=O)[O-])cc1C=NNC(=O)Cc1cccc2ccccc12. The van der Waals surface area contributed by atoms with Crippen LogP contribution in [0.3, 0.4) is 0 Å². The number of ether oxygens (including phenoxy) is 2. The molecule has 29 heavy (non-hydrogen) atoms. The normalized spacial score (nSPS) is 10.8. The summed E-state index contributed by atoms with van der Waals surface area (Å²) in [7, 11) is 2.76. The van der Waals surface area contributed by atoms with Crippen molar-refractivity contribution < 1.29 is 19.2 Å². The zero-order valence-corrected chi connectivity index (χ0v) is 15.9. The van der Waals surface area contributed by atoms with Crippen LogP contribution in [0.25, 0.3) is 10.8 Å². The largest absolute Gasteiger partial charge is 0.496 e. The van der Waals surface area contributed by atoms with Crippen LogP contribution in [0.2, 0.25) is 0 Å². The minimum Gasteiger partial charge on any atom is -0.496 e. The summed E-state index contributed by atoms with van der Waals surface area (Å²) in [5.41, 5.74) is 3.44. The number of hydrogen-bond acceptors (Lipinski definition) is 6. The molecule has 0 aliphatic carbocycles. The summed E-state index contributed by atoms with van der Waals surface area (Å²) in [4.78, 5) is 22.9. The van der Waals surface area contributed by atoms with Crippen molar-refractivity contribution in [1.82, 2.24) is 5.43 Å². The molecule has 0 aromatic heterocycles. The van der Waals surface area contributed by atoms with Crippen LogP contribution in [0.5, 0.6) is 11.5 Å². The van der Waals surface area contributed by atoms with Crippen molar-refractivity contribution in [1.29, 1.82) is 0 Å². The number of methoxy groups -OCH3 is 2. The third-order valence-corrected chi connectivity index (χ3v) is 4.35. The van der Waals surface area contributed by atoms with E-state index in [1.807, 2.05) is 42.5 Å². The predicted octanol–water partition coefficient (Wildman–Crippen LogP) is 3.46. The molecule has 0 saturated heterocycles. The van der Waals surface area contributed by atoms with Gasteiger partial charge in [0.05, 0.1) is 31.8 Å². The second kappa shape index (κ2) is 8.83. The molecule has 1 amide bonds. The highest BCUT2D eigenvalue weighted by atomic mass is 16.6. The van der Waals surface area contributed by atoms with Gasteiger partial charge in [0.25, 0.3) is 0 Å². The van der Waals surface area contributed by atoms with Gasteiger partial charge in [-0.3, -0.25) is 14.9 Å². The molecular weight excluding hydrogens is 374 g/mol. The average molecular weight is 393 g/mol. The number of nitro benzene ring substituents is 1. The molecule has 0 radical (unpaired) electrons. The number of fused-ring (bicyclic) bond motifs is 1. The van der Waals surface area contributed by atoms with E-state index in [-0.39, 0.29) is 23.8 Å². The number of amides is 1. The first-order valence-electron chi connectivity index (χ1n) is 8.72. The molecule has 0 aliphatic rings. The highest BCUT2D eigenvalue weighted by Gasteiger charge is 2.19. The topological polar surface area (TPSA) is 103 Å². The number of nitrogens with one attached hydrogen (secondary N) is 1. The second-order valence-electron chi connectivity index (χ2n) is 6.13. The molecule has 8 heteroatoms. The van der Waals surface area contributed by atoms with E-state index in [0.717, 1.165) is 16.3 Å². The van der Waals surface area contributed by atoms with Gasteiger partial charge in [-0.15, -0.1) is 0 Å². The number of rotatable bonds is 7. The zero-order chi connectivity index (χ0) is 20.8. The molecule has 3 rings (SSSR count). The highest BCUT2D eigenvalue weighted by Crippen LogP contribution is 2.33. The summed E-state index contributed by atoms with van der Waals surface area (Å²) < 4.78 is 10.2. The molecule has 3 aromatic rings. The molecule has 0 saturated carbocycles. The molecule has 0 atom stereocenters. The average Bonchev–Trinajstić information content (AvgIpc) is 2.73. The van der Waals surface area contributed by atoms with Gasteiger partial charge >= 0.3 is 5.69 Å². The molecule has 3 aromatic carbocycles. The van der Waals surface area contributed by atoms with Crippen LogP contribution in [-0.4, -0.2) is 31.3 Å². The quantitative estimate of drug-likeness (QED) is 0.376. The number of hydrogen-bond donors (Lipinski definition) is 1. The maximum Gasteiger partial charge on any atom is 0.311 e. The Morgan fingerprint density at radius 2 is 1.83 bits per heavy atom. The fraction of sp³-hybridized carbons (Fsp3) is 0.143. The number of carbonyl (C=O) groups is 1. The van der Waals surface area contributed by atoms with Crippen molar-refractivity contribution in [2.75, 3.05) is 14.2 Å². The summed E-state index contributed by atoms with van der Waals surface area (Å²) in [6, 6.07) is 16.3. The third kappa shape index (κ3) is 4.49. The summed E-state index contributed by atoms with van der Waals surface area (Å²) in [5.74, 6) is 0.100. The van der Waals surface area contributed by atoms with Crippen molar-refractivity contribution in [2.45, 2.75) is 6.42 Å². The minimum absolute atomic E-state index is 0.0731. The van der Waals surface area contributed by atoms with Gasteiger partial charge in [-0.25, -0.2) is 5.43 Å². The molecule has 1 N–H and O–H groups in total. The van der Waals surface area contributed by atoms with Crippen molar-refractivity contribution in [3.05, 3.63) is 75.8 Å². The highest BCUT2D eigenvalue weighted by molar-refractivity contribution is 5.91. The van der Waals surface area contributed by atoms with Crippen molar-refractivity contribution >= 4 is 28.6 Å². The lowest BCUT2D eigenvalue weighted by Gasteiger charge is -2.08. The van der Waals surface area contributed by atoms with Gasteiger partial charge in [-0.05, 0) is 16.3 Å². The number of benzene rings is 3. The second-order valence-corrected chi connectivity index (χ2v) is 6.13. The van der Waals surface area contributed by atoms with Gasteiger partial charge in [0.15, 0.2) is 0 Å². The van der Waals surface area contributed by atoms with Crippen LogP contribution in [0.4, 0.5) is 5.69 Å². The summed E-state index contributed by atoms with van der Waals surface area (Å²) in [5, 5.41) is 17.2. The van der Waals surface area contributed by atoms with Crippen molar-refractivity contribution in [3.63, 3.8) is 0 Å². The molecule has 0 unspecified atom stereocenters. The Morgan fingerprint density at radius 3 is 2.55 bits per heavy atom. The van der Waals surface area contributed by atoms with E-state index in [4.69, 9.17) is 9.47 Å². The lowest BCUT2D eigenvalue weighted by atomic mass is 10.0. The van der Waals surface area contributed by atoms with Gasteiger partial charge in [0.2, 0.25) is 11.7 Å². The number of carbonyl (C=O) groups excluding carboxylic acids is 1. The van der Waals surface area contributed by atoms with E-state index >= 15 is 0 Å². The van der Waals surface area contributed by atoms with Gasteiger partial charge in [-0.1, -0.05) is 42.5 Å². The molecule has 0 bridgehead atoms. The van der Waals surface area contributed by atoms with E-state index in [2.05, 4.69) is 10.5 Å². The Hall–Kier alpha value is -3.94. The standard InChI is InChI=1S/C21H19N3O5/c1-28-19-12-20(29-2)18(24(26)27)10-16(19)13-22-23-21(25)11-15-8-5-7-14-6-3-4-9-17(14)15/h3-10,12-13H,11H2,1-2H3,(H,23,25). The Labute approximate surface area is 166 Å². The monoisotopic (exact) mass is 393 g/mol. The summed E-state index contributed by atoms with van der Waals surface area (Å²) >= 11 is 0. The lowest BCUT2D eigenvalue weighted by Crippen LogP contribution is -2.20. The number of hydrazone groups is 1. The van der Waals surface area contributed by atoms with Crippen molar-refractivity contribution in [3.8, 4) is 11.5 Å². The van der Waals surface area contributed by atoms with Crippen LogP contribution < -0.4 is 14.9 Å². The molecular formula is C21H19N3O5. The Balaban J connectivity index is 1.76. The third-order valence-electron chi connectivity index (χ3n) is 4.35. The van der Waals surface area contributed by atoms with Gasteiger partial charge in [0.1, 0.15) is 5.75 Å². The van der Waals surface area contributed by atoms with Crippen LogP contribution in [-0.2, 0) is 11.2 Å². The molecule has 148 valence electrons. The van der Waals surface area contributed by atoms with Gasteiger partial charge in [-0.2, -0.15) is 5.10 Å². The van der Waals surface area contributed by atoms with Crippen LogP contribution in [0, 0.1) is 10.1 Å². The van der Waals surface area contributed by atoms with E-state index in [9.17, 15) is 14.9 Å². The Kier molecular flexibility index (Phi) is 6.03. The smallest absolute Gasteiger partial charge is 0.311 e. The molecule has 0 fully saturated rings. The summed E-state index contributed by atoms with van der Waals surface area (Å²) in [6.45, 7) is 0. The van der Waals surface area contributed by atoms with Gasteiger partial charge in [0, 0.05) is 17.7 Å². The maximum absolute atomic E-state index is 12.3. The first-order valence-corrected chi connectivity index (χ1v) is 8.72. The zero-order valence-electron chi connectivity index (χ0n) is 15.9. The molecule has 0 heterocycles. The first-order chi connectivity index (χ1) is 14.0. The van der Waals surface area contributed by atoms with Crippen LogP contribution in [0.15, 0.2) is 59.7 Å². The Bertz CT molecular complexity index is 1090. The maximum atomic E-state index is 12.3. The van der Waals surface area contributed by atoms with E-state index in [1.54, 1.807) is 0 Å². The van der Waals surface area contributed by atoms with E-state index in [1.165, 1.54) is 32.6 Å².